The van der Waals surface area contributed by atoms with Crippen molar-refractivity contribution in [2.24, 2.45) is 0 Å². The summed E-state index contributed by atoms with van der Waals surface area (Å²) < 4.78 is 5.38. The molecule has 0 bridgehead atoms. The van der Waals surface area contributed by atoms with Gasteiger partial charge in [0.25, 0.3) is 11.8 Å². The minimum atomic E-state index is -0.109. The van der Waals surface area contributed by atoms with Crippen molar-refractivity contribution in [1.29, 1.82) is 0 Å². The van der Waals surface area contributed by atoms with Crippen molar-refractivity contribution in [3.63, 3.8) is 0 Å². The van der Waals surface area contributed by atoms with E-state index in [0.717, 1.165) is 42.6 Å². The average Bonchev–Trinajstić information content (AvgIpc) is 2.79. The summed E-state index contributed by atoms with van der Waals surface area (Å²) in [7, 11) is 1.85. The predicted molar refractivity (Wildman–Crippen MR) is 123 cm³/mol. The Morgan fingerprint density at radius 2 is 1.65 bits per heavy atom. The van der Waals surface area contributed by atoms with E-state index in [2.05, 4.69) is 34.6 Å². The number of anilines is 2. The monoisotopic (exact) mass is 425 g/mol. The number of hydrogen-bond donors (Lipinski definition) is 3. The van der Waals surface area contributed by atoms with E-state index in [-0.39, 0.29) is 30.8 Å². The summed E-state index contributed by atoms with van der Waals surface area (Å²) in [5.74, 6) is 0.0826. The van der Waals surface area contributed by atoms with Crippen LogP contribution in [-0.2, 0) is 14.3 Å². The van der Waals surface area contributed by atoms with Crippen LogP contribution < -0.4 is 20.4 Å². The molecule has 1 unspecified atom stereocenters. The highest BCUT2D eigenvalue weighted by Gasteiger charge is 2.16. The highest BCUT2D eigenvalue weighted by atomic mass is 16.5. The number of quaternary nitrogens is 1. The third-order valence-corrected chi connectivity index (χ3v) is 5.43. The lowest BCUT2D eigenvalue weighted by molar-refractivity contribution is -0.862. The summed E-state index contributed by atoms with van der Waals surface area (Å²) in [6.07, 6.45) is 0. The van der Waals surface area contributed by atoms with Crippen LogP contribution in [-0.4, -0.2) is 64.8 Å². The highest BCUT2D eigenvalue weighted by molar-refractivity contribution is 5.91. The maximum Gasteiger partial charge on any atom is 0.279 e. The fraction of sp³-hybridized carbons (Fsp3) is 0.417. The maximum absolute atomic E-state index is 12.4. The van der Waals surface area contributed by atoms with Gasteiger partial charge in [-0.25, -0.2) is 0 Å². The van der Waals surface area contributed by atoms with Crippen LogP contribution in [0.15, 0.2) is 54.6 Å². The molecule has 3 rings (SSSR count). The molecule has 7 nitrogen and oxygen atoms in total. The van der Waals surface area contributed by atoms with Gasteiger partial charge in [0.15, 0.2) is 13.1 Å². The van der Waals surface area contributed by atoms with Gasteiger partial charge >= 0.3 is 0 Å². The minimum Gasteiger partial charge on any atom is -0.378 e. The molecule has 1 heterocycles. The predicted octanol–water partition coefficient (Wildman–Crippen LogP) is 0.896. The summed E-state index contributed by atoms with van der Waals surface area (Å²) in [6, 6.07) is 18.0. The smallest absolute Gasteiger partial charge is 0.279 e. The van der Waals surface area contributed by atoms with Gasteiger partial charge in [0.05, 0.1) is 20.3 Å². The number of hydrogen-bond acceptors (Lipinski definition) is 4. The van der Waals surface area contributed by atoms with Crippen molar-refractivity contribution < 1.29 is 19.2 Å². The molecular formula is C24H33N4O3+. The summed E-state index contributed by atoms with van der Waals surface area (Å²) in [5.41, 5.74) is 3.09. The number of likely N-dealkylation sites (N-methyl/N-ethyl adjacent to an activating group) is 1. The van der Waals surface area contributed by atoms with E-state index in [1.54, 1.807) is 0 Å². The molecule has 0 saturated carbocycles. The van der Waals surface area contributed by atoms with E-state index >= 15 is 0 Å². The fourth-order valence-electron chi connectivity index (χ4n) is 3.62. The Morgan fingerprint density at radius 1 is 1.00 bits per heavy atom. The van der Waals surface area contributed by atoms with Crippen LogP contribution in [0.4, 0.5) is 11.4 Å². The summed E-state index contributed by atoms with van der Waals surface area (Å²) in [6.45, 7) is 6.40. The van der Waals surface area contributed by atoms with E-state index in [1.165, 1.54) is 5.56 Å². The summed E-state index contributed by atoms with van der Waals surface area (Å²) >= 11 is 0. The lowest BCUT2D eigenvalue weighted by atomic mass is 10.0. The second kappa shape index (κ2) is 11.5. The number of amides is 2. The van der Waals surface area contributed by atoms with E-state index in [1.807, 2.05) is 49.5 Å². The third kappa shape index (κ3) is 7.38. The summed E-state index contributed by atoms with van der Waals surface area (Å²) in [5, 5.41) is 5.88. The molecule has 0 aromatic heterocycles. The van der Waals surface area contributed by atoms with Gasteiger partial charge in [0.2, 0.25) is 0 Å². The van der Waals surface area contributed by atoms with Gasteiger partial charge in [0, 0.05) is 31.0 Å². The molecule has 1 aliphatic heterocycles. The van der Waals surface area contributed by atoms with Gasteiger partial charge in [0.1, 0.15) is 0 Å². The Labute approximate surface area is 184 Å². The lowest BCUT2D eigenvalue weighted by Gasteiger charge is -2.28. The molecule has 0 spiro atoms. The molecule has 31 heavy (non-hydrogen) atoms. The van der Waals surface area contributed by atoms with Gasteiger partial charge in [-0.2, -0.15) is 0 Å². The van der Waals surface area contributed by atoms with E-state index in [9.17, 15) is 9.59 Å². The molecule has 2 aromatic rings. The molecule has 2 aromatic carbocycles. The molecule has 1 aliphatic rings. The van der Waals surface area contributed by atoms with Crippen molar-refractivity contribution in [2.75, 3.05) is 63.2 Å². The molecule has 0 aliphatic carbocycles. The molecule has 166 valence electrons. The first-order chi connectivity index (χ1) is 15.0. The normalized spacial score (nSPS) is 15.7. The Kier molecular flexibility index (Phi) is 8.44. The quantitative estimate of drug-likeness (QED) is 0.558. The molecule has 1 fully saturated rings. The number of rotatable bonds is 9. The van der Waals surface area contributed by atoms with Crippen LogP contribution in [0.1, 0.15) is 18.4 Å². The Hall–Kier alpha value is -2.90. The molecule has 2 atom stereocenters. The van der Waals surface area contributed by atoms with Gasteiger partial charge in [-0.1, -0.05) is 37.3 Å². The average molecular weight is 426 g/mol. The van der Waals surface area contributed by atoms with E-state index < -0.39 is 0 Å². The molecular weight excluding hydrogens is 392 g/mol. The second-order valence-electron chi connectivity index (χ2n) is 8.12. The molecule has 3 N–H and O–H groups in total. The van der Waals surface area contributed by atoms with Crippen molar-refractivity contribution in [3.05, 3.63) is 60.2 Å². The first-order valence-electron chi connectivity index (χ1n) is 10.9. The number of morpholine rings is 1. The fourth-order valence-corrected chi connectivity index (χ4v) is 3.62. The zero-order valence-corrected chi connectivity index (χ0v) is 18.4. The topological polar surface area (TPSA) is 75.1 Å². The van der Waals surface area contributed by atoms with Crippen LogP contribution >= 0.6 is 0 Å². The number of carbonyl (C=O) groups excluding carboxylic acids is 2. The first-order valence-corrected chi connectivity index (χ1v) is 10.9. The zero-order chi connectivity index (χ0) is 22.1. The van der Waals surface area contributed by atoms with Gasteiger partial charge < -0.3 is 25.2 Å². The second-order valence-corrected chi connectivity index (χ2v) is 8.12. The number of nitrogens with zero attached hydrogens (tertiary/aromatic N) is 1. The van der Waals surface area contributed by atoms with Gasteiger partial charge in [-0.15, -0.1) is 0 Å². The lowest BCUT2D eigenvalue weighted by Crippen LogP contribution is -3.11. The van der Waals surface area contributed by atoms with Gasteiger partial charge in [-0.05, 0) is 35.7 Å². The largest absolute Gasteiger partial charge is 0.378 e. The van der Waals surface area contributed by atoms with Crippen molar-refractivity contribution in [3.8, 4) is 0 Å². The molecule has 2 amide bonds. The van der Waals surface area contributed by atoms with Crippen LogP contribution in [0.5, 0.6) is 0 Å². The summed E-state index contributed by atoms with van der Waals surface area (Å²) in [4.78, 5) is 27.7. The SMILES string of the molecule is C[C@@H](CNC(=O)C[NH+](C)CC(=O)Nc1ccc(N2CCOCC2)cc1)c1ccccc1. The maximum atomic E-state index is 12.4. The van der Waals surface area contributed by atoms with E-state index in [0.29, 0.717) is 6.54 Å². The van der Waals surface area contributed by atoms with Crippen molar-refractivity contribution in [1.82, 2.24) is 5.32 Å². The van der Waals surface area contributed by atoms with Gasteiger partial charge in [-0.3, -0.25) is 9.59 Å². The highest BCUT2D eigenvalue weighted by Crippen LogP contribution is 2.18. The number of nitrogens with one attached hydrogen (secondary N) is 3. The standard InChI is InChI=1S/C24H32N4O3/c1-19(20-6-4-3-5-7-20)16-25-23(29)17-27(2)18-24(30)26-21-8-10-22(11-9-21)28-12-14-31-15-13-28/h3-11,19H,12-18H2,1-2H3,(H,25,29)(H,26,30)/p+1/t19-/m0/s1. The Morgan fingerprint density at radius 3 is 2.32 bits per heavy atom. The van der Waals surface area contributed by atoms with Crippen LogP contribution in [0.25, 0.3) is 0 Å². The van der Waals surface area contributed by atoms with Crippen LogP contribution in [0, 0.1) is 0 Å². The Bertz CT molecular complexity index is 836. The van der Waals surface area contributed by atoms with Crippen LogP contribution in [0.3, 0.4) is 0 Å². The molecule has 1 saturated heterocycles. The first kappa shape index (κ1) is 22.8. The van der Waals surface area contributed by atoms with Crippen molar-refractivity contribution in [2.45, 2.75) is 12.8 Å². The zero-order valence-electron chi connectivity index (χ0n) is 18.4. The molecule has 7 heteroatoms. The third-order valence-electron chi connectivity index (χ3n) is 5.43. The van der Waals surface area contributed by atoms with Crippen molar-refractivity contribution >= 4 is 23.2 Å². The number of carbonyl (C=O) groups is 2. The number of ether oxygens (including phenoxy) is 1. The Balaban J connectivity index is 1.38. The van der Waals surface area contributed by atoms with Crippen LogP contribution in [0.2, 0.25) is 0 Å². The van der Waals surface area contributed by atoms with E-state index in [4.69, 9.17) is 4.74 Å². The number of benzene rings is 2. The molecule has 0 radical (unpaired) electrons. The minimum absolute atomic E-state index is 0.0528.